The number of thioether (sulfide) groups is 1. The highest BCUT2D eigenvalue weighted by Gasteiger charge is 2.31. The van der Waals surface area contributed by atoms with Gasteiger partial charge in [0.1, 0.15) is 5.39 Å². The number of hydrogen-bond donors (Lipinski definition) is 0. The van der Waals surface area contributed by atoms with Gasteiger partial charge in [-0.15, -0.1) is 0 Å². The Kier molecular flexibility index (Phi) is 6.66. The van der Waals surface area contributed by atoms with Crippen LogP contribution in [0.15, 0.2) is 34.3 Å². The Balaban J connectivity index is 1.67. The molecule has 1 amide bonds. The van der Waals surface area contributed by atoms with Gasteiger partial charge < -0.3 is 4.90 Å². The highest BCUT2D eigenvalue weighted by molar-refractivity contribution is 7.99. The number of benzene rings is 1. The van der Waals surface area contributed by atoms with Gasteiger partial charge in [0.05, 0.1) is 17.9 Å². The van der Waals surface area contributed by atoms with Crippen LogP contribution in [-0.2, 0) is 4.79 Å². The molecule has 0 N–H and O–H groups in total. The first-order valence-electron chi connectivity index (χ1n) is 11.6. The number of rotatable bonds is 7. The number of hydrogen-bond acceptors (Lipinski definition) is 5. The van der Waals surface area contributed by atoms with Gasteiger partial charge in [-0.2, -0.15) is 5.10 Å². The van der Waals surface area contributed by atoms with Crippen LogP contribution >= 0.6 is 11.8 Å². The molecule has 0 spiro atoms. The van der Waals surface area contributed by atoms with E-state index in [1.165, 1.54) is 5.56 Å². The van der Waals surface area contributed by atoms with Gasteiger partial charge in [0, 0.05) is 25.3 Å². The normalized spacial score (nSPS) is 15.6. The third-order valence-corrected chi connectivity index (χ3v) is 6.98. The Morgan fingerprint density at radius 3 is 2.52 bits per heavy atom. The monoisotopic (exact) mass is 467 g/mol. The van der Waals surface area contributed by atoms with Crippen molar-refractivity contribution >= 4 is 28.7 Å². The van der Waals surface area contributed by atoms with Crippen LogP contribution in [0.2, 0.25) is 0 Å². The van der Waals surface area contributed by atoms with Gasteiger partial charge >= 0.3 is 0 Å². The van der Waals surface area contributed by atoms with E-state index in [0.29, 0.717) is 40.2 Å². The van der Waals surface area contributed by atoms with E-state index in [-0.39, 0.29) is 17.5 Å². The lowest BCUT2D eigenvalue weighted by molar-refractivity contribution is -0.133. The second kappa shape index (κ2) is 9.33. The minimum absolute atomic E-state index is 0.105. The van der Waals surface area contributed by atoms with E-state index in [2.05, 4.69) is 45.8 Å². The van der Waals surface area contributed by atoms with E-state index < -0.39 is 0 Å². The van der Waals surface area contributed by atoms with Gasteiger partial charge in [-0.05, 0) is 37.3 Å². The van der Waals surface area contributed by atoms with Crippen molar-refractivity contribution < 1.29 is 4.79 Å². The van der Waals surface area contributed by atoms with Crippen LogP contribution in [0, 0.1) is 25.7 Å². The van der Waals surface area contributed by atoms with Crippen molar-refractivity contribution in [3.8, 4) is 5.69 Å². The molecule has 2 aromatic heterocycles. The molecule has 0 saturated heterocycles. The van der Waals surface area contributed by atoms with Crippen LogP contribution in [0.1, 0.15) is 51.3 Å². The molecule has 8 heteroatoms. The fraction of sp³-hybridized carbons (Fsp3) is 0.520. The summed E-state index contributed by atoms with van der Waals surface area (Å²) in [5.74, 6) is 1.58. The summed E-state index contributed by atoms with van der Waals surface area (Å²) in [5, 5.41) is 5.64. The maximum atomic E-state index is 13.5. The second-order valence-electron chi connectivity index (χ2n) is 9.91. The Bertz CT molecular complexity index is 1230. The van der Waals surface area contributed by atoms with Crippen LogP contribution in [0.25, 0.3) is 16.7 Å². The van der Waals surface area contributed by atoms with Crippen molar-refractivity contribution in [1.82, 2.24) is 24.2 Å². The summed E-state index contributed by atoms with van der Waals surface area (Å²) < 4.78 is 3.46. The van der Waals surface area contributed by atoms with Crippen molar-refractivity contribution in [2.75, 3.05) is 18.8 Å². The third-order valence-electron chi connectivity index (χ3n) is 5.89. The van der Waals surface area contributed by atoms with Gasteiger partial charge in [-0.3, -0.25) is 14.2 Å². The number of carbonyl (C=O) groups is 1. The molecule has 1 aliphatic heterocycles. The predicted octanol–water partition coefficient (Wildman–Crippen LogP) is 4.38. The molecular weight excluding hydrogens is 434 g/mol. The highest BCUT2D eigenvalue weighted by atomic mass is 32.2. The van der Waals surface area contributed by atoms with Gasteiger partial charge in [0.15, 0.2) is 10.8 Å². The second-order valence-corrected chi connectivity index (χ2v) is 10.9. The lowest BCUT2D eigenvalue weighted by Crippen LogP contribution is -2.39. The van der Waals surface area contributed by atoms with Gasteiger partial charge in [0.25, 0.3) is 5.56 Å². The number of nitrogens with zero attached hydrogens (tertiary/aromatic N) is 5. The number of carbonyl (C=O) groups excluding carboxylic acids is 1. The smallest absolute Gasteiger partial charge is 0.265 e. The molecule has 4 rings (SSSR count). The Hall–Kier alpha value is -2.61. The standard InChI is InChI=1S/C25H33N5O2S/c1-15(2)12-28(13-16(3)4)22(31)10-19-14-33-25-27-23-20(24(32)29(19)25)11-26-30(23)21-8-7-17(5)9-18(21)6/h7-9,11,15-16,19H,10,12-14H2,1-6H3. The van der Waals surface area contributed by atoms with Crippen molar-refractivity contribution in [3.05, 3.63) is 45.9 Å². The summed E-state index contributed by atoms with van der Waals surface area (Å²) in [6, 6.07) is 5.95. The van der Waals surface area contributed by atoms with Crippen LogP contribution in [0.5, 0.6) is 0 Å². The quantitative estimate of drug-likeness (QED) is 0.482. The SMILES string of the molecule is Cc1ccc(-n2ncc3c(=O)n4c(nc32)SCC4CC(=O)N(CC(C)C)CC(C)C)c(C)c1. The summed E-state index contributed by atoms with van der Waals surface area (Å²) in [4.78, 5) is 33.4. The molecule has 33 heavy (non-hydrogen) atoms. The van der Waals surface area contributed by atoms with E-state index in [0.717, 1.165) is 24.3 Å². The number of amides is 1. The average molecular weight is 468 g/mol. The molecule has 3 heterocycles. The van der Waals surface area contributed by atoms with E-state index in [1.807, 2.05) is 24.0 Å². The topological polar surface area (TPSA) is 73.0 Å². The molecule has 176 valence electrons. The number of aromatic nitrogens is 4. The Morgan fingerprint density at radius 1 is 1.18 bits per heavy atom. The molecule has 1 unspecified atom stereocenters. The first-order valence-corrected chi connectivity index (χ1v) is 12.6. The van der Waals surface area contributed by atoms with Crippen LogP contribution in [0.4, 0.5) is 0 Å². The van der Waals surface area contributed by atoms with E-state index in [9.17, 15) is 9.59 Å². The lowest BCUT2D eigenvalue weighted by Gasteiger charge is -2.27. The number of aryl methyl sites for hydroxylation is 2. The summed E-state index contributed by atoms with van der Waals surface area (Å²) >= 11 is 1.54. The Morgan fingerprint density at radius 2 is 1.88 bits per heavy atom. The molecule has 1 aromatic carbocycles. The van der Waals surface area contributed by atoms with E-state index >= 15 is 0 Å². The van der Waals surface area contributed by atoms with Gasteiger partial charge in [0.2, 0.25) is 5.91 Å². The summed E-state index contributed by atoms with van der Waals surface area (Å²) in [7, 11) is 0. The summed E-state index contributed by atoms with van der Waals surface area (Å²) in [5.41, 5.74) is 3.62. The molecule has 3 aromatic rings. The zero-order chi connectivity index (χ0) is 23.9. The lowest BCUT2D eigenvalue weighted by atomic mass is 10.1. The molecule has 0 bridgehead atoms. The average Bonchev–Trinajstić information content (AvgIpc) is 3.32. The van der Waals surface area contributed by atoms with Crippen molar-refractivity contribution in [2.24, 2.45) is 11.8 Å². The molecule has 7 nitrogen and oxygen atoms in total. The summed E-state index contributed by atoms with van der Waals surface area (Å²) in [6.45, 7) is 14.1. The third kappa shape index (κ3) is 4.71. The highest BCUT2D eigenvalue weighted by Crippen LogP contribution is 2.34. The maximum Gasteiger partial charge on any atom is 0.265 e. The first-order chi connectivity index (χ1) is 15.7. The number of fused-ring (bicyclic) bond motifs is 2. The van der Waals surface area contributed by atoms with E-state index in [4.69, 9.17) is 4.98 Å². The van der Waals surface area contributed by atoms with Gasteiger partial charge in [-0.1, -0.05) is 57.2 Å². The van der Waals surface area contributed by atoms with Crippen LogP contribution < -0.4 is 5.56 Å². The zero-order valence-electron chi connectivity index (χ0n) is 20.3. The molecule has 0 aliphatic carbocycles. The maximum absolute atomic E-state index is 13.5. The zero-order valence-corrected chi connectivity index (χ0v) is 21.1. The van der Waals surface area contributed by atoms with Crippen LogP contribution in [-0.4, -0.2) is 49.0 Å². The molecule has 0 radical (unpaired) electrons. The van der Waals surface area contributed by atoms with Crippen LogP contribution in [0.3, 0.4) is 0 Å². The predicted molar refractivity (Wildman–Crippen MR) is 133 cm³/mol. The Labute approximate surface area is 199 Å². The molecular formula is C25H33N5O2S. The molecule has 1 aliphatic rings. The molecule has 0 saturated carbocycles. The van der Waals surface area contributed by atoms with Gasteiger partial charge in [-0.25, -0.2) is 9.67 Å². The summed E-state index contributed by atoms with van der Waals surface area (Å²) in [6.07, 6.45) is 1.92. The fourth-order valence-electron chi connectivity index (χ4n) is 4.49. The minimum atomic E-state index is -0.187. The molecule has 1 atom stereocenters. The molecule has 0 fully saturated rings. The van der Waals surface area contributed by atoms with Crippen molar-refractivity contribution in [1.29, 1.82) is 0 Å². The van der Waals surface area contributed by atoms with E-state index in [1.54, 1.807) is 27.2 Å². The largest absolute Gasteiger partial charge is 0.342 e. The first kappa shape index (κ1) is 23.5. The fourth-order valence-corrected chi connectivity index (χ4v) is 5.62. The van der Waals surface area contributed by atoms with Crippen molar-refractivity contribution in [2.45, 2.75) is 59.2 Å². The minimum Gasteiger partial charge on any atom is -0.342 e. The van der Waals surface area contributed by atoms with Crippen molar-refractivity contribution in [3.63, 3.8) is 0 Å².